The minimum Gasteiger partial charge on any atom is -0.496 e. The second-order valence-corrected chi connectivity index (χ2v) is 6.49. The molecule has 1 aliphatic rings. The smallest absolute Gasteiger partial charge is 0.339 e. The van der Waals surface area contributed by atoms with E-state index >= 15 is 0 Å². The van der Waals surface area contributed by atoms with Crippen LogP contribution in [0.1, 0.15) is 62.4 Å². The SMILES string of the molecule is CCCN1c2cc(OC)c(C(=O)O)cc2[C@H](C)CC1(C)C. The Morgan fingerprint density at radius 3 is 2.67 bits per heavy atom. The average molecular weight is 291 g/mol. The van der Waals surface area contributed by atoms with E-state index in [-0.39, 0.29) is 11.1 Å². The predicted molar refractivity (Wildman–Crippen MR) is 84.7 cm³/mol. The summed E-state index contributed by atoms with van der Waals surface area (Å²) in [6.45, 7) is 9.79. The molecule has 21 heavy (non-hydrogen) atoms. The van der Waals surface area contributed by atoms with Gasteiger partial charge in [0.05, 0.1) is 7.11 Å². The topological polar surface area (TPSA) is 49.8 Å². The Balaban J connectivity index is 2.63. The number of rotatable bonds is 4. The van der Waals surface area contributed by atoms with Crippen LogP contribution in [-0.4, -0.2) is 30.3 Å². The highest BCUT2D eigenvalue weighted by Crippen LogP contribution is 2.45. The van der Waals surface area contributed by atoms with E-state index in [0.717, 1.165) is 30.6 Å². The van der Waals surface area contributed by atoms with Crippen molar-refractivity contribution >= 4 is 11.7 Å². The zero-order valence-electron chi connectivity index (χ0n) is 13.6. The molecule has 1 aromatic carbocycles. The zero-order valence-corrected chi connectivity index (χ0v) is 13.6. The normalized spacial score (nSPS) is 20.0. The van der Waals surface area contributed by atoms with Gasteiger partial charge in [-0.05, 0) is 44.2 Å². The van der Waals surface area contributed by atoms with Gasteiger partial charge in [0, 0.05) is 23.8 Å². The average Bonchev–Trinajstić information content (AvgIpc) is 2.41. The molecule has 1 heterocycles. The number of aromatic carboxylic acids is 1. The summed E-state index contributed by atoms with van der Waals surface area (Å²) in [4.78, 5) is 13.8. The van der Waals surface area contributed by atoms with E-state index in [0.29, 0.717) is 11.7 Å². The first kappa shape index (κ1) is 15.7. The molecule has 4 nitrogen and oxygen atoms in total. The van der Waals surface area contributed by atoms with Gasteiger partial charge in [-0.3, -0.25) is 0 Å². The third-order valence-electron chi connectivity index (χ3n) is 4.38. The van der Waals surface area contributed by atoms with Crippen LogP contribution >= 0.6 is 0 Å². The molecule has 1 atom stereocenters. The van der Waals surface area contributed by atoms with E-state index in [1.54, 1.807) is 6.07 Å². The quantitative estimate of drug-likeness (QED) is 0.914. The van der Waals surface area contributed by atoms with Crippen molar-refractivity contribution < 1.29 is 14.6 Å². The van der Waals surface area contributed by atoms with Crippen molar-refractivity contribution in [2.75, 3.05) is 18.6 Å². The summed E-state index contributed by atoms with van der Waals surface area (Å²) in [5, 5.41) is 9.36. The number of carboxylic acids is 1. The fraction of sp³-hybridized carbons (Fsp3) is 0.588. The summed E-state index contributed by atoms with van der Waals surface area (Å²) in [6, 6.07) is 3.69. The second-order valence-electron chi connectivity index (χ2n) is 6.49. The predicted octanol–water partition coefficient (Wildman–Crippen LogP) is 3.90. The molecule has 0 aromatic heterocycles. The van der Waals surface area contributed by atoms with E-state index in [1.807, 2.05) is 6.07 Å². The molecule has 0 saturated heterocycles. The van der Waals surface area contributed by atoms with Crippen LogP contribution in [0.5, 0.6) is 5.75 Å². The summed E-state index contributed by atoms with van der Waals surface area (Å²) in [6.07, 6.45) is 2.08. The van der Waals surface area contributed by atoms with Gasteiger partial charge in [0.15, 0.2) is 0 Å². The van der Waals surface area contributed by atoms with Crippen molar-refractivity contribution in [2.45, 2.75) is 52.0 Å². The van der Waals surface area contributed by atoms with Gasteiger partial charge in [0.1, 0.15) is 11.3 Å². The van der Waals surface area contributed by atoms with Crippen molar-refractivity contribution in [3.05, 3.63) is 23.3 Å². The van der Waals surface area contributed by atoms with Crippen LogP contribution in [0.3, 0.4) is 0 Å². The van der Waals surface area contributed by atoms with E-state index in [2.05, 4.69) is 32.6 Å². The maximum absolute atomic E-state index is 11.4. The highest BCUT2D eigenvalue weighted by molar-refractivity contribution is 5.92. The third kappa shape index (κ3) is 2.71. The fourth-order valence-corrected chi connectivity index (χ4v) is 3.49. The number of fused-ring (bicyclic) bond motifs is 1. The van der Waals surface area contributed by atoms with Crippen LogP contribution < -0.4 is 9.64 Å². The number of benzene rings is 1. The van der Waals surface area contributed by atoms with Crippen LogP contribution in [0.4, 0.5) is 5.69 Å². The van der Waals surface area contributed by atoms with Gasteiger partial charge in [-0.2, -0.15) is 0 Å². The molecule has 1 aromatic rings. The zero-order chi connectivity index (χ0) is 15.8. The Labute approximate surface area is 126 Å². The molecule has 0 bridgehead atoms. The molecule has 0 radical (unpaired) electrons. The molecule has 0 amide bonds. The number of carboxylic acid groups (broad SMARTS) is 1. The number of carbonyl (C=O) groups is 1. The largest absolute Gasteiger partial charge is 0.496 e. The van der Waals surface area contributed by atoms with E-state index in [4.69, 9.17) is 4.74 Å². The van der Waals surface area contributed by atoms with Crippen LogP contribution in [0.15, 0.2) is 12.1 Å². The molecule has 0 spiro atoms. The number of nitrogens with zero attached hydrogens (tertiary/aromatic N) is 1. The lowest BCUT2D eigenvalue weighted by atomic mass is 9.79. The van der Waals surface area contributed by atoms with Crippen LogP contribution in [-0.2, 0) is 0 Å². The van der Waals surface area contributed by atoms with Crippen molar-refractivity contribution in [3.63, 3.8) is 0 Å². The standard InChI is InChI=1S/C17H25NO3/c1-6-7-18-14-9-15(21-5)13(16(19)20)8-12(14)11(2)10-17(18,3)4/h8-9,11H,6-7,10H2,1-5H3,(H,19,20)/t11-/m1/s1. The van der Waals surface area contributed by atoms with Crippen molar-refractivity contribution in [2.24, 2.45) is 0 Å². The van der Waals surface area contributed by atoms with E-state index in [1.165, 1.54) is 7.11 Å². The Morgan fingerprint density at radius 2 is 2.14 bits per heavy atom. The van der Waals surface area contributed by atoms with Crippen molar-refractivity contribution in [1.29, 1.82) is 0 Å². The Kier molecular flexibility index (Phi) is 4.17. The van der Waals surface area contributed by atoms with E-state index in [9.17, 15) is 9.90 Å². The van der Waals surface area contributed by atoms with Crippen LogP contribution in [0.2, 0.25) is 0 Å². The molecule has 0 unspecified atom stereocenters. The molecular weight excluding hydrogens is 266 g/mol. The number of hydrogen-bond donors (Lipinski definition) is 1. The Morgan fingerprint density at radius 1 is 1.48 bits per heavy atom. The van der Waals surface area contributed by atoms with Gasteiger partial charge in [-0.1, -0.05) is 13.8 Å². The van der Waals surface area contributed by atoms with Gasteiger partial charge in [-0.15, -0.1) is 0 Å². The molecular formula is C17H25NO3. The Hall–Kier alpha value is -1.71. The van der Waals surface area contributed by atoms with Crippen molar-refractivity contribution in [3.8, 4) is 5.75 Å². The second kappa shape index (κ2) is 5.58. The van der Waals surface area contributed by atoms with Gasteiger partial charge in [0.25, 0.3) is 0 Å². The summed E-state index contributed by atoms with van der Waals surface area (Å²) >= 11 is 0. The first-order valence-corrected chi connectivity index (χ1v) is 7.54. The highest BCUT2D eigenvalue weighted by atomic mass is 16.5. The van der Waals surface area contributed by atoms with E-state index < -0.39 is 5.97 Å². The van der Waals surface area contributed by atoms with Gasteiger partial charge < -0.3 is 14.7 Å². The summed E-state index contributed by atoms with van der Waals surface area (Å²) < 4.78 is 5.30. The molecule has 0 fully saturated rings. The highest BCUT2D eigenvalue weighted by Gasteiger charge is 2.37. The number of hydrogen-bond acceptors (Lipinski definition) is 3. The monoisotopic (exact) mass is 291 g/mol. The number of anilines is 1. The van der Waals surface area contributed by atoms with Crippen LogP contribution in [0.25, 0.3) is 0 Å². The lowest BCUT2D eigenvalue weighted by molar-refractivity contribution is 0.0693. The first-order chi connectivity index (χ1) is 9.81. The van der Waals surface area contributed by atoms with Gasteiger partial charge in [0.2, 0.25) is 0 Å². The summed E-state index contributed by atoms with van der Waals surface area (Å²) in [5.74, 6) is -0.159. The number of ether oxygens (including phenoxy) is 1. The molecule has 116 valence electrons. The Bertz CT molecular complexity index is 551. The summed E-state index contributed by atoms with van der Waals surface area (Å²) in [7, 11) is 1.52. The maximum Gasteiger partial charge on any atom is 0.339 e. The number of methoxy groups -OCH3 is 1. The molecule has 0 saturated carbocycles. The van der Waals surface area contributed by atoms with Crippen LogP contribution in [0, 0.1) is 0 Å². The minimum atomic E-state index is -0.936. The molecule has 1 aliphatic heterocycles. The minimum absolute atomic E-state index is 0.0676. The molecule has 0 aliphatic carbocycles. The molecule has 1 N–H and O–H groups in total. The molecule has 2 rings (SSSR count). The lowest BCUT2D eigenvalue weighted by Crippen LogP contribution is -2.48. The maximum atomic E-state index is 11.4. The first-order valence-electron chi connectivity index (χ1n) is 7.54. The lowest BCUT2D eigenvalue weighted by Gasteiger charge is -2.47. The summed E-state index contributed by atoms with van der Waals surface area (Å²) in [5.41, 5.74) is 2.54. The van der Waals surface area contributed by atoms with Crippen molar-refractivity contribution in [1.82, 2.24) is 0 Å². The molecule has 4 heteroatoms. The van der Waals surface area contributed by atoms with Gasteiger partial charge in [-0.25, -0.2) is 4.79 Å². The fourth-order valence-electron chi connectivity index (χ4n) is 3.49. The van der Waals surface area contributed by atoms with Gasteiger partial charge >= 0.3 is 5.97 Å². The third-order valence-corrected chi connectivity index (χ3v) is 4.38.